The number of halogens is 2. The molecule has 0 N–H and O–H groups in total. The van der Waals surface area contributed by atoms with Crippen LogP contribution in [0.4, 0.5) is 4.39 Å². The van der Waals surface area contributed by atoms with Crippen molar-refractivity contribution in [3.05, 3.63) is 62.6 Å². The molecule has 1 aliphatic rings. The summed E-state index contributed by atoms with van der Waals surface area (Å²) in [6, 6.07) is 8.93. The number of cyclic esters (lactones) is 1. The molecule has 0 radical (unpaired) electrons. The molecule has 0 aromatic heterocycles. The highest BCUT2D eigenvalue weighted by molar-refractivity contribution is 14.1. The van der Waals surface area contributed by atoms with Crippen molar-refractivity contribution in [2.45, 2.75) is 6.92 Å². The Bertz CT molecular complexity index is 1000. The van der Waals surface area contributed by atoms with Crippen molar-refractivity contribution in [1.82, 2.24) is 0 Å². The monoisotopic (exact) mass is 481 g/mol. The fourth-order valence-corrected chi connectivity index (χ4v) is 3.11. The Morgan fingerprint density at radius 3 is 2.74 bits per heavy atom. The lowest BCUT2D eigenvalue weighted by Crippen LogP contribution is -2.06. The molecule has 2 aromatic carbocycles. The van der Waals surface area contributed by atoms with E-state index in [9.17, 15) is 14.0 Å². The Morgan fingerprint density at radius 1 is 1.30 bits per heavy atom. The predicted molar refractivity (Wildman–Crippen MR) is 104 cm³/mol. The maximum absolute atomic E-state index is 13.4. The van der Waals surface area contributed by atoms with Gasteiger partial charge in [-0.05, 0) is 64.6 Å². The number of hydrogen-bond acceptors (Lipinski definition) is 6. The normalized spacial score (nSPS) is 14.7. The number of nitrogens with zero attached hydrogens (tertiary/aromatic N) is 1. The number of hydrogen-bond donors (Lipinski definition) is 0. The van der Waals surface area contributed by atoms with E-state index in [1.165, 1.54) is 38.3 Å². The van der Waals surface area contributed by atoms with Crippen LogP contribution >= 0.6 is 22.6 Å². The first-order valence-corrected chi connectivity index (χ1v) is 8.79. The van der Waals surface area contributed by atoms with Gasteiger partial charge in [0.05, 0.1) is 10.7 Å². The number of carbonyl (C=O) groups excluding carboxylic acids is 2. The summed E-state index contributed by atoms with van der Waals surface area (Å²) in [7, 11) is 1.44. The van der Waals surface area contributed by atoms with E-state index in [0.717, 1.165) is 0 Å². The molecule has 0 atom stereocenters. The number of aliphatic imine (C=N–C) groups is 1. The third-order valence-electron chi connectivity index (χ3n) is 3.49. The van der Waals surface area contributed by atoms with Gasteiger partial charge in [0.25, 0.3) is 0 Å². The van der Waals surface area contributed by atoms with Gasteiger partial charge in [-0.1, -0.05) is 6.07 Å². The summed E-state index contributed by atoms with van der Waals surface area (Å²) in [5, 5.41) is 0. The Kier molecular flexibility index (Phi) is 5.54. The zero-order chi connectivity index (χ0) is 19.6. The van der Waals surface area contributed by atoms with Gasteiger partial charge in [-0.2, -0.15) is 0 Å². The van der Waals surface area contributed by atoms with Crippen LogP contribution in [0.3, 0.4) is 0 Å². The van der Waals surface area contributed by atoms with Gasteiger partial charge in [0.1, 0.15) is 5.82 Å². The first kappa shape index (κ1) is 19.0. The standard InChI is InChI=1S/C19H13FINO5/c1-10(23)26-17-14(21)6-11(8-16(17)25-2)7-15-19(24)27-18(22-15)12-4-3-5-13(20)9-12/h3-9H,1-2H3/b15-7-. The van der Waals surface area contributed by atoms with E-state index in [4.69, 9.17) is 14.2 Å². The van der Waals surface area contributed by atoms with Crippen LogP contribution in [0.2, 0.25) is 0 Å². The third kappa shape index (κ3) is 4.33. The zero-order valence-corrected chi connectivity index (χ0v) is 16.4. The lowest BCUT2D eigenvalue weighted by Gasteiger charge is -2.11. The Hall–Kier alpha value is -2.75. The van der Waals surface area contributed by atoms with E-state index in [1.54, 1.807) is 18.2 Å². The van der Waals surface area contributed by atoms with Gasteiger partial charge in [-0.15, -0.1) is 0 Å². The van der Waals surface area contributed by atoms with E-state index in [2.05, 4.69) is 4.99 Å². The van der Waals surface area contributed by atoms with E-state index in [-0.39, 0.29) is 11.6 Å². The number of esters is 2. The van der Waals surface area contributed by atoms with Crippen molar-refractivity contribution in [2.24, 2.45) is 4.99 Å². The van der Waals surface area contributed by atoms with Gasteiger partial charge in [0, 0.05) is 12.5 Å². The molecule has 3 rings (SSSR count). The highest BCUT2D eigenvalue weighted by Crippen LogP contribution is 2.35. The quantitative estimate of drug-likeness (QED) is 0.288. The highest BCUT2D eigenvalue weighted by Gasteiger charge is 2.25. The molecule has 1 aliphatic heterocycles. The second kappa shape index (κ2) is 7.87. The molecule has 6 nitrogen and oxygen atoms in total. The first-order valence-electron chi connectivity index (χ1n) is 7.72. The molecule has 0 unspecified atom stereocenters. The van der Waals surface area contributed by atoms with Gasteiger partial charge < -0.3 is 14.2 Å². The van der Waals surface area contributed by atoms with E-state index >= 15 is 0 Å². The SMILES string of the molecule is COc1cc(/C=C2\N=C(c3cccc(F)c3)OC2=O)cc(I)c1OC(C)=O. The van der Waals surface area contributed by atoms with Crippen molar-refractivity contribution >= 4 is 46.5 Å². The van der Waals surface area contributed by atoms with Crippen LogP contribution in [0.5, 0.6) is 11.5 Å². The minimum absolute atomic E-state index is 0.0314. The molecule has 27 heavy (non-hydrogen) atoms. The van der Waals surface area contributed by atoms with Crippen LogP contribution in [0, 0.1) is 9.39 Å². The lowest BCUT2D eigenvalue weighted by molar-refractivity contribution is -0.132. The molecular formula is C19H13FINO5. The molecule has 0 bridgehead atoms. The molecule has 2 aromatic rings. The highest BCUT2D eigenvalue weighted by atomic mass is 127. The number of carbonyl (C=O) groups is 2. The zero-order valence-electron chi connectivity index (χ0n) is 14.3. The summed E-state index contributed by atoms with van der Waals surface area (Å²) in [5.74, 6) is -0.906. The minimum atomic E-state index is -0.646. The average molecular weight is 481 g/mol. The van der Waals surface area contributed by atoms with Gasteiger partial charge in [-0.3, -0.25) is 4.79 Å². The van der Waals surface area contributed by atoms with Crippen LogP contribution in [0.1, 0.15) is 18.1 Å². The number of ether oxygens (including phenoxy) is 3. The Labute approximate surface area is 167 Å². The van der Waals surface area contributed by atoms with E-state index in [0.29, 0.717) is 26.2 Å². The van der Waals surface area contributed by atoms with Gasteiger partial charge in [-0.25, -0.2) is 14.2 Å². The number of rotatable bonds is 4. The molecule has 0 fully saturated rings. The summed E-state index contributed by atoms with van der Waals surface area (Å²) >= 11 is 2.00. The summed E-state index contributed by atoms with van der Waals surface area (Å²) in [5.41, 5.74) is 1.03. The van der Waals surface area contributed by atoms with Crippen molar-refractivity contribution in [1.29, 1.82) is 0 Å². The smallest absolute Gasteiger partial charge is 0.363 e. The van der Waals surface area contributed by atoms with E-state index < -0.39 is 17.8 Å². The summed E-state index contributed by atoms with van der Waals surface area (Å²) in [6.07, 6.45) is 1.51. The molecule has 0 aliphatic carbocycles. The largest absolute Gasteiger partial charge is 0.493 e. The summed E-state index contributed by atoms with van der Waals surface area (Å²) < 4.78 is 29.5. The van der Waals surface area contributed by atoms with Crippen LogP contribution in [0.25, 0.3) is 6.08 Å². The lowest BCUT2D eigenvalue weighted by atomic mass is 10.1. The second-order valence-electron chi connectivity index (χ2n) is 5.47. The maximum Gasteiger partial charge on any atom is 0.363 e. The third-order valence-corrected chi connectivity index (χ3v) is 4.29. The second-order valence-corrected chi connectivity index (χ2v) is 6.64. The van der Waals surface area contributed by atoms with Crippen LogP contribution in [-0.2, 0) is 14.3 Å². The molecule has 0 saturated heterocycles. The molecule has 0 amide bonds. The topological polar surface area (TPSA) is 74.2 Å². The molecule has 1 heterocycles. The number of benzene rings is 2. The van der Waals surface area contributed by atoms with Crippen molar-refractivity contribution in [3.8, 4) is 11.5 Å². The fraction of sp³-hybridized carbons (Fsp3) is 0.105. The fourth-order valence-electron chi connectivity index (χ4n) is 2.38. The van der Waals surface area contributed by atoms with Crippen molar-refractivity contribution < 1.29 is 28.2 Å². The summed E-state index contributed by atoms with van der Waals surface area (Å²) in [4.78, 5) is 27.5. The minimum Gasteiger partial charge on any atom is -0.493 e. The Balaban J connectivity index is 1.97. The summed E-state index contributed by atoms with van der Waals surface area (Å²) in [6.45, 7) is 1.29. The van der Waals surface area contributed by atoms with Gasteiger partial charge in [0.15, 0.2) is 17.2 Å². The molecule has 138 valence electrons. The number of methoxy groups -OCH3 is 1. The molecule has 0 saturated carbocycles. The molecule has 8 heteroatoms. The van der Waals surface area contributed by atoms with Gasteiger partial charge in [0.2, 0.25) is 5.90 Å². The van der Waals surface area contributed by atoms with Crippen molar-refractivity contribution in [2.75, 3.05) is 7.11 Å². The van der Waals surface area contributed by atoms with E-state index in [1.807, 2.05) is 22.6 Å². The maximum atomic E-state index is 13.4. The van der Waals surface area contributed by atoms with Crippen LogP contribution < -0.4 is 9.47 Å². The first-order chi connectivity index (χ1) is 12.9. The molecular weight excluding hydrogens is 468 g/mol. The van der Waals surface area contributed by atoms with Gasteiger partial charge >= 0.3 is 11.9 Å². The van der Waals surface area contributed by atoms with Crippen LogP contribution in [0.15, 0.2) is 47.1 Å². The Morgan fingerprint density at radius 2 is 2.07 bits per heavy atom. The van der Waals surface area contributed by atoms with Crippen molar-refractivity contribution in [3.63, 3.8) is 0 Å². The van der Waals surface area contributed by atoms with Crippen LogP contribution in [-0.4, -0.2) is 24.9 Å². The average Bonchev–Trinajstić information content (AvgIpc) is 2.97. The predicted octanol–water partition coefficient (Wildman–Crippen LogP) is 3.71. The molecule has 0 spiro atoms.